The molecule has 6 heteroatoms. The molecule has 0 unspecified atom stereocenters. The van der Waals surface area contributed by atoms with Gasteiger partial charge in [0.15, 0.2) is 0 Å². The number of amides is 1. The lowest BCUT2D eigenvalue weighted by Crippen LogP contribution is -2.15. The largest absolute Gasteiger partial charge is 0.399 e. The molecule has 0 aliphatic carbocycles. The summed E-state index contributed by atoms with van der Waals surface area (Å²) < 4.78 is 0. The number of anilines is 2. The van der Waals surface area contributed by atoms with Gasteiger partial charge in [-0.05, 0) is 30.2 Å². The summed E-state index contributed by atoms with van der Waals surface area (Å²) in [6.07, 6.45) is 1.10. The average molecular weight is 321 g/mol. The van der Waals surface area contributed by atoms with Gasteiger partial charge in [-0.1, -0.05) is 37.0 Å². The summed E-state index contributed by atoms with van der Waals surface area (Å²) in [5.41, 5.74) is 6.49. The van der Waals surface area contributed by atoms with Crippen molar-refractivity contribution in [3.8, 4) is 0 Å². The van der Waals surface area contributed by atoms with E-state index in [1.54, 1.807) is 23.9 Å². The zero-order chi connectivity index (χ0) is 14.4. The molecule has 3 nitrogen and oxygen atoms in total. The van der Waals surface area contributed by atoms with Crippen LogP contribution in [0, 0.1) is 5.92 Å². The van der Waals surface area contributed by atoms with Crippen molar-refractivity contribution in [1.29, 1.82) is 0 Å². The zero-order valence-corrected chi connectivity index (χ0v) is 13.3. The van der Waals surface area contributed by atoms with Crippen molar-refractivity contribution < 1.29 is 4.79 Å². The monoisotopic (exact) mass is 320 g/mol. The van der Waals surface area contributed by atoms with Crippen LogP contribution in [0.25, 0.3) is 0 Å². The smallest absolute Gasteiger partial charge is 0.234 e. The predicted molar refractivity (Wildman–Crippen MR) is 86.3 cm³/mol. The molecule has 0 fully saturated rings. The van der Waals surface area contributed by atoms with E-state index in [9.17, 15) is 4.79 Å². The Morgan fingerprint density at radius 1 is 1.37 bits per heavy atom. The van der Waals surface area contributed by atoms with E-state index >= 15 is 0 Å². The van der Waals surface area contributed by atoms with Gasteiger partial charge in [-0.2, -0.15) is 11.8 Å². The Hall–Kier alpha value is -0.580. The molecule has 1 rings (SSSR count). The van der Waals surface area contributed by atoms with Crippen molar-refractivity contribution in [2.75, 3.05) is 22.6 Å². The molecule has 0 bridgehead atoms. The molecular formula is C13H18Cl2N2OS. The number of hydrogen-bond acceptors (Lipinski definition) is 3. The second-order valence-electron chi connectivity index (χ2n) is 4.64. The molecule has 3 N–H and O–H groups in total. The number of benzene rings is 1. The van der Waals surface area contributed by atoms with Crippen molar-refractivity contribution >= 4 is 52.2 Å². The number of halogens is 2. The Bertz CT molecular complexity index is 429. The van der Waals surface area contributed by atoms with Gasteiger partial charge in [0.1, 0.15) is 0 Å². The van der Waals surface area contributed by atoms with Crippen molar-refractivity contribution in [2.24, 2.45) is 5.92 Å². The Balaban J connectivity index is 2.49. The highest BCUT2D eigenvalue weighted by Crippen LogP contribution is 2.32. The van der Waals surface area contributed by atoms with Crippen LogP contribution in [0.2, 0.25) is 10.0 Å². The van der Waals surface area contributed by atoms with E-state index in [1.807, 2.05) is 0 Å². The van der Waals surface area contributed by atoms with Crippen molar-refractivity contribution in [2.45, 2.75) is 20.3 Å². The van der Waals surface area contributed by atoms with Crippen LogP contribution in [0.4, 0.5) is 11.4 Å². The fourth-order valence-corrected chi connectivity index (χ4v) is 3.01. The minimum Gasteiger partial charge on any atom is -0.399 e. The summed E-state index contributed by atoms with van der Waals surface area (Å²) in [7, 11) is 0. The van der Waals surface area contributed by atoms with Crippen LogP contribution in [0.15, 0.2) is 12.1 Å². The van der Waals surface area contributed by atoms with Crippen molar-refractivity contribution in [1.82, 2.24) is 0 Å². The van der Waals surface area contributed by atoms with E-state index in [-0.39, 0.29) is 5.91 Å². The number of nitrogen functional groups attached to an aromatic ring is 1. The lowest BCUT2D eigenvalue weighted by molar-refractivity contribution is -0.113. The molecule has 0 heterocycles. The molecule has 106 valence electrons. The molecule has 0 saturated carbocycles. The highest BCUT2D eigenvalue weighted by molar-refractivity contribution is 7.99. The van der Waals surface area contributed by atoms with Crippen molar-refractivity contribution in [3.05, 3.63) is 22.2 Å². The van der Waals surface area contributed by atoms with Gasteiger partial charge in [0, 0.05) is 5.69 Å². The zero-order valence-electron chi connectivity index (χ0n) is 11.0. The minimum atomic E-state index is -0.109. The first kappa shape index (κ1) is 16.5. The molecule has 1 aromatic rings. The first-order chi connectivity index (χ1) is 8.90. The van der Waals surface area contributed by atoms with Gasteiger partial charge in [0.2, 0.25) is 5.91 Å². The van der Waals surface area contributed by atoms with Gasteiger partial charge in [-0.15, -0.1) is 0 Å². The second kappa shape index (κ2) is 7.88. The summed E-state index contributed by atoms with van der Waals surface area (Å²) >= 11 is 13.6. The van der Waals surface area contributed by atoms with Crippen LogP contribution in [0.3, 0.4) is 0 Å². The Kier molecular flexibility index (Phi) is 6.83. The third-order valence-electron chi connectivity index (χ3n) is 2.40. The van der Waals surface area contributed by atoms with E-state index in [0.717, 1.165) is 12.2 Å². The van der Waals surface area contributed by atoms with Crippen LogP contribution >= 0.6 is 35.0 Å². The normalized spacial score (nSPS) is 10.8. The first-order valence-corrected chi connectivity index (χ1v) is 7.93. The van der Waals surface area contributed by atoms with E-state index in [4.69, 9.17) is 28.9 Å². The summed E-state index contributed by atoms with van der Waals surface area (Å²) in [4.78, 5) is 11.8. The molecule has 0 atom stereocenters. The SMILES string of the molecule is CC(C)CCSCC(=O)Nc1c(Cl)cc(N)cc1Cl. The number of carbonyl (C=O) groups excluding carboxylic acids is 1. The maximum Gasteiger partial charge on any atom is 0.234 e. The number of carbonyl (C=O) groups is 1. The summed E-state index contributed by atoms with van der Waals surface area (Å²) in [5, 5.41) is 3.42. The molecule has 0 saturated heterocycles. The number of hydrogen-bond donors (Lipinski definition) is 2. The third kappa shape index (κ3) is 5.93. The lowest BCUT2D eigenvalue weighted by Gasteiger charge is -2.10. The molecule has 1 aromatic carbocycles. The van der Waals surface area contributed by atoms with E-state index < -0.39 is 0 Å². The van der Waals surface area contributed by atoms with Crippen LogP contribution in [-0.2, 0) is 4.79 Å². The quantitative estimate of drug-likeness (QED) is 0.607. The van der Waals surface area contributed by atoms with E-state index in [0.29, 0.717) is 33.1 Å². The predicted octanol–water partition coefficient (Wildman–Crippen LogP) is 4.29. The summed E-state index contributed by atoms with van der Waals surface area (Å²) in [6.45, 7) is 4.32. The Morgan fingerprint density at radius 3 is 2.47 bits per heavy atom. The van der Waals surface area contributed by atoms with Gasteiger partial charge in [0.05, 0.1) is 21.5 Å². The number of nitrogens with two attached hydrogens (primary N) is 1. The molecule has 0 aliphatic heterocycles. The number of rotatable bonds is 6. The Morgan fingerprint density at radius 2 is 1.95 bits per heavy atom. The molecule has 1 amide bonds. The minimum absolute atomic E-state index is 0.109. The van der Waals surface area contributed by atoms with Crippen LogP contribution in [0.5, 0.6) is 0 Å². The average Bonchev–Trinajstić information content (AvgIpc) is 2.29. The summed E-state index contributed by atoms with van der Waals surface area (Å²) in [6, 6.07) is 3.13. The fraction of sp³-hybridized carbons (Fsp3) is 0.462. The van der Waals surface area contributed by atoms with Gasteiger partial charge in [-0.3, -0.25) is 4.79 Å². The highest BCUT2D eigenvalue weighted by atomic mass is 35.5. The van der Waals surface area contributed by atoms with Crippen molar-refractivity contribution in [3.63, 3.8) is 0 Å². The summed E-state index contributed by atoms with van der Waals surface area (Å²) in [5.74, 6) is 1.90. The molecular weight excluding hydrogens is 303 g/mol. The molecule has 19 heavy (non-hydrogen) atoms. The molecule has 0 aromatic heterocycles. The van der Waals surface area contributed by atoms with Crippen LogP contribution < -0.4 is 11.1 Å². The van der Waals surface area contributed by atoms with E-state index in [1.165, 1.54) is 0 Å². The second-order valence-corrected chi connectivity index (χ2v) is 6.56. The van der Waals surface area contributed by atoms with Crippen LogP contribution in [-0.4, -0.2) is 17.4 Å². The first-order valence-electron chi connectivity index (χ1n) is 6.02. The Labute approximate surface area is 128 Å². The van der Waals surface area contributed by atoms with E-state index in [2.05, 4.69) is 19.2 Å². The highest BCUT2D eigenvalue weighted by Gasteiger charge is 2.11. The lowest BCUT2D eigenvalue weighted by atomic mass is 10.2. The van der Waals surface area contributed by atoms with Gasteiger partial charge < -0.3 is 11.1 Å². The van der Waals surface area contributed by atoms with Gasteiger partial charge >= 0.3 is 0 Å². The van der Waals surface area contributed by atoms with Gasteiger partial charge in [-0.25, -0.2) is 0 Å². The number of thioether (sulfide) groups is 1. The number of nitrogens with one attached hydrogen (secondary N) is 1. The molecule has 0 aliphatic rings. The maximum absolute atomic E-state index is 11.8. The van der Waals surface area contributed by atoms with Crippen LogP contribution in [0.1, 0.15) is 20.3 Å². The standard InChI is InChI=1S/C13H18Cl2N2OS/c1-8(2)3-4-19-7-12(18)17-13-10(14)5-9(16)6-11(13)15/h5-6,8H,3-4,7,16H2,1-2H3,(H,17,18). The third-order valence-corrected chi connectivity index (χ3v) is 3.99. The molecule has 0 spiro atoms. The fourth-order valence-electron chi connectivity index (χ4n) is 1.37. The molecule has 0 radical (unpaired) electrons. The van der Waals surface area contributed by atoms with Gasteiger partial charge in [0.25, 0.3) is 0 Å². The maximum atomic E-state index is 11.8. The topological polar surface area (TPSA) is 55.1 Å².